The molecule has 30 heavy (non-hydrogen) atoms. The molecule has 2 aromatic heterocycles. The van der Waals surface area contributed by atoms with E-state index in [2.05, 4.69) is 39.7 Å². The monoisotopic (exact) mass is 422 g/mol. The number of rotatable bonds is 6. The minimum atomic E-state index is -0.0936. The molecule has 1 saturated heterocycles. The molecule has 0 aliphatic carbocycles. The second kappa shape index (κ2) is 8.45. The van der Waals surface area contributed by atoms with Crippen LogP contribution in [0.5, 0.6) is 5.75 Å². The fourth-order valence-electron chi connectivity index (χ4n) is 4.22. The van der Waals surface area contributed by atoms with Gasteiger partial charge in [0.15, 0.2) is 5.11 Å². The molecular weight excluding hydrogens is 396 g/mol. The van der Waals surface area contributed by atoms with Gasteiger partial charge in [-0.25, -0.2) is 0 Å². The summed E-state index contributed by atoms with van der Waals surface area (Å²) in [7, 11) is 1.72. The molecule has 2 N–H and O–H groups in total. The van der Waals surface area contributed by atoms with E-state index >= 15 is 0 Å². The third kappa shape index (κ3) is 3.66. The van der Waals surface area contributed by atoms with Crippen molar-refractivity contribution in [2.45, 2.75) is 32.5 Å². The SMILES string of the molecule is COCCn1c(C)cc(C2C(c3ccccn3)NC(=S)N2c2ccc(O)cc2)c1C. The highest BCUT2D eigenvalue weighted by atomic mass is 32.1. The predicted octanol–water partition coefficient (Wildman–Crippen LogP) is 4.03. The largest absolute Gasteiger partial charge is 0.508 e. The van der Waals surface area contributed by atoms with Crippen molar-refractivity contribution in [3.8, 4) is 5.75 Å². The van der Waals surface area contributed by atoms with Crippen LogP contribution in [-0.4, -0.2) is 33.5 Å². The molecule has 0 radical (unpaired) electrons. The standard InChI is InChI=1S/C23H26N4O2S/c1-15-14-19(16(2)26(15)12-13-29-3)22-21(20-6-4-5-11-24-20)25-23(30)27(22)17-7-9-18(28)10-8-17/h4-11,14,21-22,28H,12-13H2,1-3H3,(H,25,30). The third-order valence-corrected chi connectivity index (χ3v) is 5.99. The number of phenolic OH excluding ortho intramolecular Hbond substituents is 1. The molecule has 1 aromatic carbocycles. The molecule has 6 nitrogen and oxygen atoms in total. The van der Waals surface area contributed by atoms with Gasteiger partial charge in [0.25, 0.3) is 0 Å². The molecule has 7 heteroatoms. The number of aromatic hydroxyl groups is 1. The molecule has 0 spiro atoms. The maximum Gasteiger partial charge on any atom is 0.174 e. The molecule has 1 fully saturated rings. The average Bonchev–Trinajstić information content (AvgIpc) is 3.23. The number of hydrogen-bond donors (Lipinski definition) is 2. The summed E-state index contributed by atoms with van der Waals surface area (Å²) in [5, 5.41) is 13.9. The summed E-state index contributed by atoms with van der Waals surface area (Å²) in [5.41, 5.74) is 5.43. The van der Waals surface area contributed by atoms with Crippen molar-refractivity contribution in [2.75, 3.05) is 18.6 Å². The van der Waals surface area contributed by atoms with Crippen molar-refractivity contribution in [1.29, 1.82) is 0 Å². The Balaban J connectivity index is 1.83. The van der Waals surface area contributed by atoms with Crippen molar-refractivity contribution in [1.82, 2.24) is 14.9 Å². The number of pyridine rings is 1. The summed E-state index contributed by atoms with van der Waals surface area (Å²) in [6, 6.07) is 15.2. The summed E-state index contributed by atoms with van der Waals surface area (Å²) in [6.07, 6.45) is 1.81. The van der Waals surface area contributed by atoms with Gasteiger partial charge in [-0.1, -0.05) is 6.07 Å². The number of hydrogen-bond acceptors (Lipinski definition) is 4. The Bertz CT molecular complexity index is 1030. The maximum absolute atomic E-state index is 9.75. The topological polar surface area (TPSA) is 62.5 Å². The molecule has 3 heterocycles. The van der Waals surface area contributed by atoms with Crippen LogP contribution >= 0.6 is 12.2 Å². The number of phenols is 1. The molecule has 2 atom stereocenters. The Hall–Kier alpha value is -2.90. The molecule has 1 aliphatic heterocycles. The van der Waals surface area contributed by atoms with Gasteiger partial charge in [0, 0.05) is 36.9 Å². The molecule has 2 unspecified atom stereocenters. The Kier molecular flexibility index (Phi) is 5.74. The van der Waals surface area contributed by atoms with Gasteiger partial charge < -0.3 is 24.6 Å². The van der Waals surface area contributed by atoms with Gasteiger partial charge in [0.05, 0.1) is 24.4 Å². The van der Waals surface area contributed by atoms with E-state index in [1.807, 2.05) is 36.5 Å². The second-order valence-electron chi connectivity index (χ2n) is 7.48. The molecule has 4 rings (SSSR count). The van der Waals surface area contributed by atoms with Crippen molar-refractivity contribution in [3.63, 3.8) is 0 Å². The minimum absolute atomic E-state index is 0.0700. The lowest BCUT2D eigenvalue weighted by Crippen LogP contribution is -2.29. The van der Waals surface area contributed by atoms with E-state index < -0.39 is 0 Å². The normalized spacial score (nSPS) is 18.6. The Morgan fingerprint density at radius 3 is 2.60 bits per heavy atom. The maximum atomic E-state index is 9.75. The summed E-state index contributed by atoms with van der Waals surface area (Å²) in [5.74, 6) is 0.229. The number of aryl methyl sites for hydroxylation is 1. The Morgan fingerprint density at radius 1 is 1.17 bits per heavy atom. The van der Waals surface area contributed by atoms with E-state index in [-0.39, 0.29) is 17.8 Å². The van der Waals surface area contributed by atoms with Gasteiger partial charge in [-0.2, -0.15) is 0 Å². The number of ether oxygens (including phenoxy) is 1. The van der Waals surface area contributed by atoms with Crippen LogP contribution in [0.2, 0.25) is 0 Å². The zero-order valence-corrected chi connectivity index (χ0v) is 18.2. The van der Waals surface area contributed by atoms with E-state index in [9.17, 15) is 5.11 Å². The number of nitrogens with one attached hydrogen (secondary N) is 1. The van der Waals surface area contributed by atoms with Crippen molar-refractivity contribution < 1.29 is 9.84 Å². The highest BCUT2D eigenvalue weighted by Gasteiger charge is 2.42. The fourth-order valence-corrected chi connectivity index (χ4v) is 4.56. The fraction of sp³-hybridized carbons (Fsp3) is 0.304. The van der Waals surface area contributed by atoms with Crippen LogP contribution in [0.25, 0.3) is 0 Å². The van der Waals surface area contributed by atoms with Crippen LogP contribution in [0.4, 0.5) is 5.69 Å². The quantitative estimate of drug-likeness (QED) is 0.585. The van der Waals surface area contributed by atoms with Gasteiger partial charge in [-0.05, 0) is 74.1 Å². The van der Waals surface area contributed by atoms with Crippen LogP contribution in [0.15, 0.2) is 54.7 Å². The van der Waals surface area contributed by atoms with E-state index in [1.165, 1.54) is 17.0 Å². The molecule has 156 valence electrons. The van der Waals surface area contributed by atoms with Crippen molar-refractivity contribution >= 4 is 23.0 Å². The number of benzene rings is 1. The number of methoxy groups -OCH3 is 1. The highest BCUT2D eigenvalue weighted by molar-refractivity contribution is 7.80. The first kappa shape index (κ1) is 20.4. The van der Waals surface area contributed by atoms with Crippen molar-refractivity contribution in [3.05, 3.63) is 77.4 Å². The Morgan fingerprint density at radius 2 is 1.93 bits per heavy atom. The first-order valence-corrected chi connectivity index (χ1v) is 10.4. The van der Waals surface area contributed by atoms with Crippen LogP contribution in [0.3, 0.4) is 0 Å². The minimum Gasteiger partial charge on any atom is -0.508 e. The molecule has 0 saturated carbocycles. The molecular formula is C23H26N4O2S. The van der Waals surface area contributed by atoms with Gasteiger partial charge >= 0.3 is 0 Å². The smallest absolute Gasteiger partial charge is 0.174 e. The van der Waals surface area contributed by atoms with Gasteiger partial charge in [0.1, 0.15) is 5.75 Å². The average molecular weight is 423 g/mol. The molecule has 3 aromatic rings. The van der Waals surface area contributed by atoms with Crippen LogP contribution in [0.1, 0.15) is 34.7 Å². The first-order chi connectivity index (χ1) is 14.5. The van der Waals surface area contributed by atoms with E-state index in [4.69, 9.17) is 17.0 Å². The summed E-state index contributed by atoms with van der Waals surface area (Å²) < 4.78 is 7.58. The zero-order chi connectivity index (χ0) is 21.3. The lowest BCUT2D eigenvalue weighted by molar-refractivity contribution is 0.186. The predicted molar refractivity (Wildman–Crippen MR) is 122 cm³/mol. The highest BCUT2D eigenvalue weighted by Crippen LogP contribution is 2.43. The van der Waals surface area contributed by atoms with E-state index in [1.54, 1.807) is 19.2 Å². The van der Waals surface area contributed by atoms with Gasteiger partial charge in [0.2, 0.25) is 0 Å². The summed E-state index contributed by atoms with van der Waals surface area (Å²) in [6.45, 7) is 5.71. The van der Waals surface area contributed by atoms with Crippen LogP contribution in [-0.2, 0) is 11.3 Å². The molecule has 0 bridgehead atoms. The summed E-state index contributed by atoms with van der Waals surface area (Å²) in [4.78, 5) is 6.73. The van der Waals surface area contributed by atoms with E-state index in [0.29, 0.717) is 11.7 Å². The zero-order valence-electron chi connectivity index (χ0n) is 17.4. The number of aromatic nitrogens is 2. The number of anilines is 1. The Labute approximate surface area is 182 Å². The molecule has 1 aliphatic rings. The summed E-state index contributed by atoms with van der Waals surface area (Å²) >= 11 is 5.76. The van der Waals surface area contributed by atoms with Crippen LogP contribution < -0.4 is 10.2 Å². The second-order valence-corrected chi connectivity index (χ2v) is 7.87. The number of thiocarbonyl (C=S) groups is 1. The van der Waals surface area contributed by atoms with Gasteiger partial charge in [-0.15, -0.1) is 0 Å². The van der Waals surface area contributed by atoms with Crippen molar-refractivity contribution in [2.24, 2.45) is 0 Å². The lowest BCUT2D eigenvalue weighted by atomic mass is 9.96. The number of nitrogens with zero attached hydrogens (tertiary/aromatic N) is 3. The van der Waals surface area contributed by atoms with E-state index in [0.717, 1.165) is 17.9 Å². The molecule has 0 amide bonds. The lowest BCUT2D eigenvalue weighted by Gasteiger charge is -2.28. The third-order valence-electron chi connectivity index (χ3n) is 5.68. The first-order valence-electron chi connectivity index (χ1n) is 9.96. The van der Waals surface area contributed by atoms with Gasteiger partial charge in [-0.3, -0.25) is 4.98 Å². The van der Waals surface area contributed by atoms with Crippen LogP contribution in [0, 0.1) is 13.8 Å².